The lowest BCUT2D eigenvalue weighted by Crippen LogP contribution is -2.28. The van der Waals surface area contributed by atoms with E-state index in [-0.39, 0.29) is 5.60 Å². The minimum Gasteiger partial charge on any atom is -0.379 e. The maximum atomic E-state index is 6.07. The van der Waals surface area contributed by atoms with Gasteiger partial charge in [0.1, 0.15) is 0 Å². The molecule has 0 heterocycles. The highest BCUT2D eigenvalue weighted by Crippen LogP contribution is 2.25. The van der Waals surface area contributed by atoms with E-state index in [1.807, 2.05) is 45.5 Å². The highest BCUT2D eigenvalue weighted by Gasteiger charge is 2.20. The molecule has 0 rings (SSSR count). The Morgan fingerprint density at radius 1 is 0.757 bits per heavy atom. The van der Waals surface area contributed by atoms with Crippen molar-refractivity contribution in [1.82, 2.24) is 0 Å². The van der Waals surface area contributed by atoms with Crippen molar-refractivity contribution in [3.05, 3.63) is 12.7 Å². The van der Waals surface area contributed by atoms with Gasteiger partial charge in [-0.3, -0.25) is 0 Å². The van der Waals surface area contributed by atoms with Crippen LogP contribution < -0.4 is 0 Å². The molecule has 37 heavy (non-hydrogen) atoms. The summed E-state index contributed by atoms with van der Waals surface area (Å²) in [5, 5.41) is 0.817. The summed E-state index contributed by atoms with van der Waals surface area (Å²) in [4.78, 5) is 0. The van der Waals surface area contributed by atoms with Gasteiger partial charge in [0.25, 0.3) is 0 Å². The summed E-state index contributed by atoms with van der Waals surface area (Å²) in [6.45, 7) is 26.5. The van der Waals surface area contributed by atoms with Crippen LogP contribution in [0, 0.1) is 0 Å². The van der Waals surface area contributed by atoms with Gasteiger partial charge in [0.2, 0.25) is 0 Å². The molecular formula is C32H70O3S2. The Bertz CT molecular complexity index is 381. The van der Waals surface area contributed by atoms with Gasteiger partial charge in [0.15, 0.2) is 0 Å². The van der Waals surface area contributed by atoms with E-state index in [9.17, 15) is 0 Å². The number of hydrogen-bond donors (Lipinski definition) is 0. The van der Waals surface area contributed by atoms with Crippen LogP contribution in [0.15, 0.2) is 12.7 Å². The molecule has 3 nitrogen and oxygen atoms in total. The Kier molecular flexibility index (Phi) is 48.9. The second-order valence-corrected chi connectivity index (χ2v) is 11.3. The lowest BCUT2D eigenvalue weighted by molar-refractivity contribution is -0.0415. The molecule has 0 aromatic heterocycles. The van der Waals surface area contributed by atoms with Crippen LogP contribution in [-0.4, -0.2) is 61.6 Å². The molecule has 2 unspecified atom stereocenters. The van der Waals surface area contributed by atoms with Gasteiger partial charge in [-0.05, 0) is 56.8 Å². The largest absolute Gasteiger partial charge is 0.379 e. The summed E-state index contributed by atoms with van der Waals surface area (Å²) in [6, 6.07) is 0. The number of unbranched alkanes of at least 4 members (excludes halogenated alkanes) is 5. The molecule has 0 fully saturated rings. The van der Waals surface area contributed by atoms with Crippen LogP contribution in [0.4, 0.5) is 0 Å². The maximum absolute atomic E-state index is 6.07. The summed E-state index contributed by atoms with van der Waals surface area (Å²) in [7, 11) is 0. The van der Waals surface area contributed by atoms with Gasteiger partial charge in [-0.1, -0.05) is 100.0 Å². The quantitative estimate of drug-likeness (QED) is 0.0855. The number of hydrogen-bond acceptors (Lipinski definition) is 5. The minimum absolute atomic E-state index is 0.239. The normalized spacial score (nSPS) is 12.6. The molecule has 0 saturated heterocycles. The first-order chi connectivity index (χ1) is 18.0. The molecule has 5 heteroatoms. The fourth-order valence-corrected chi connectivity index (χ4v) is 4.37. The molecule has 0 bridgehead atoms. The van der Waals surface area contributed by atoms with E-state index in [0.29, 0.717) is 26.4 Å². The first-order valence-corrected chi connectivity index (χ1v) is 18.0. The predicted octanol–water partition coefficient (Wildman–Crippen LogP) is 10.9. The Morgan fingerprint density at radius 2 is 1.32 bits per heavy atom. The zero-order valence-electron chi connectivity index (χ0n) is 27.1. The third-order valence-corrected chi connectivity index (χ3v) is 7.87. The Hall–Kier alpha value is 0.320. The van der Waals surface area contributed by atoms with Gasteiger partial charge >= 0.3 is 0 Å². The van der Waals surface area contributed by atoms with Gasteiger partial charge in [0.05, 0.1) is 32.0 Å². The third kappa shape index (κ3) is 38.5. The average molecular weight is 567 g/mol. The molecule has 0 aliphatic heterocycles. The maximum Gasteiger partial charge on any atom is 0.0833 e. The second kappa shape index (κ2) is 40.8. The highest BCUT2D eigenvalue weighted by atomic mass is 32.2. The first-order valence-electron chi connectivity index (χ1n) is 15.6. The van der Waals surface area contributed by atoms with E-state index >= 15 is 0 Å². The summed E-state index contributed by atoms with van der Waals surface area (Å²) in [5.74, 6) is 2.52. The Balaban J connectivity index is -0.000000602. The molecule has 0 saturated carbocycles. The fourth-order valence-electron chi connectivity index (χ4n) is 3.23. The predicted molar refractivity (Wildman–Crippen MR) is 177 cm³/mol. The van der Waals surface area contributed by atoms with Crippen LogP contribution in [0.1, 0.15) is 133 Å². The summed E-state index contributed by atoms with van der Waals surface area (Å²) in [6.07, 6.45) is 17.8. The standard InChI is InChI=1S/C25H50O3S.C3H8S.2C2H6/c1-6-10-11-12-15-18-26-19-20-27-21-22-28-25(5,9-4)17-14-13-16-24(8-3)29-23-7-2;1-3-4-2;2*1-2/h9,24H,4,6-8,10-23H2,1-3,5H3;3H2,1-2H3;2*1-2H3. The zero-order valence-corrected chi connectivity index (χ0v) is 28.8. The van der Waals surface area contributed by atoms with Gasteiger partial charge in [-0.25, -0.2) is 0 Å². The van der Waals surface area contributed by atoms with E-state index in [4.69, 9.17) is 14.2 Å². The van der Waals surface area contributed by atoms with Crippen LogP contribution in [-0.2, 0) is 14.2 Å². The summed E-state index contributed by atoms with van der Waals surface area (Å²) >= 11 is 3.99. The molecule has 0 aliphatic carbocycles. The SMILES string of the molecule is C=CC(C)(CCCCC(CC)SCCC)OCCOCCOCCCCCCC.CC.CC.CCSC. The summed E-state index contributed by atoms with van der Waals surface area (Å²) in [5.41, 5.74) is -0.239. The average Bonchev–Trinajstić information content (AvgIpc) is 2.95. The van der Waals surface area contributed by atoms with E-state index in [1.165, 1.54) is 69.3 Å². The molecule has 0 spiro atoms. The van der Waals surface area contributed by atoms with Crippen molar-refractivity contribution >= 4 is 23.5 Å². The number of thioether (sulfide) groups is 2. The third-order valence-electron chi connectivity index (χ3n) is 5.61. The molecule has 0 N–H and O–H groups in total. The van der Waals surface area contributed by atoms with Gasteiger partial charge in [-0.2, -0.15) is 23.5 Å². The van der Waals surface area contributed by atoms with Crippen molar-refractivity contribution in [2.24, 2.45) is 0 Å². The van der Waals surface area contributed by atoms with Crippen molar-refractivity contribution in [2.45, 2.75) is 144 Å². The van der Waals surface area contributed by atoms with Crippen LogP contribution in [0.2, 0.25) is 0 Å². The topological polar surface area (TPSA) is 27.7 Å². The van der Waals surface area contributed by atoms with Gasteiger partial charge in [-0.15, -0.1) is 6.58 Å². The van der Waals surface area contributed by atoms with Crippen LogP contribution in [0.5, 0.6) is 0 Å². The van der Waals surface area contributed by atoms with Crippen molar-refractivity contribution in [1.29, 1.82) is 0 Å². The monoisotopic (exact) mass is 566 g/mol. The van der Waals surface area contributed by atoms with Gasteiger partial charge in [0, 0.05) is 11.9 Å². The first kappa shape index (κ1) is 44.3. The minimum atomic E-state index is -0.239. The molecule has 0 aliphatic rings. The van der Waals surface area contributed by atoms with Crippen LogP contribution >= 0.6 is 23.5 Å². The molecule has 0 aromatic carbocycles. The zero-order chi connectivity index (χ0) is 29.0. The van der Waals surface area contributed by atoms with Crippen molar-refractivity contribution in [3.63, 3.8) is 0 Å². The van der Waals surface area contributed by atoms with Crippen LogP contribution in [0.3, 0.4) is 0 Å². The smallest absolute Gasteiger partial charge is 0.0833 e. The molecule has 2 atom stereocenters. The van der Waals surface area contributed by atoms with E-state index in [0.717, 1.165) is 24.7 Å². The van der Waals surface area contributed by atoms with E-state index in [2.05, 4.69) is 59.2 Å². The van der Waals surface area contributed by atoms with E-state index < -0.39 is 0 Å². The van der Waals surface area contributed by atoms with Crippen molar-refractivity contribution in [3.8, 4) is 0 Å². The molecule has 0 aromatic rings. The lowest BCUT2D eigenvalue weighted by atomic mass is 9.97. The molecular weight excluding hydrogens is 496 g/mol. The van der Waals surface area contributed by atoms with Crippen molar-refractivity contribution < 1.29 is 14.2 Å². The Morgan fingerprint density at radius 3 is 1.84 bits per heavy atom. The van der Waals surface area contributed by atoms with Crippen molar-refractivity contribution in [2.75, 3.05) is 50.8 Å². The second-order valence-electron chi connectivity index (χ2n) is 8.73. The lowest BCUT2D eigenvalue weighted by Gasteiger charge is -2.26. The number of rotatable bonds is 24. The molecule has 0 amide bonds. The van der Waals surface area contributed by atoms with E-state index in [1.54, 1.807) is 0 Å². The fraction of sp³-hybridized carbons (Fsp3) is 0.938. The number of ether oxygens (including phenoxy) is 3. The Labute approximate surface area is 244 Å². The summed E-state index contributed by atoms with van der Waals surface area (Å²) < 4.78 is 17.3. The molecule has 228 valence electrons. The highest BCUT2D eigenvalue weighted by molar-refractivity contribution is 7.99. The molecule has 0 radical (unpaired) electrons. The van der Waals surface area contributed by atoms with Gasteiger partial charge < -0.3 is 14.2 Å². The van der Waals surface area contributed by atoms with Crippen LogP contribution in [0.25, 0.3) is 0 Å².